The highest BCUT2D eigenvalue weighted by atomic mass is 16.5. The van der Waals surface area contributed by atoms with E-state index in [4.69, 9.17) is 9.15 Å². The second kappa shape index (κ2) is 8.31. The lowest BCUT2D eigenvalue weighted by atomic mass is 10.1. The monoisotopic (exact) mass is 330 g/mol. The Hall–Kier alpha value is -2.60. The Balaban J connectivity index is 1.95. The standard InChI is InChI=1S/C18H22N2O4/c1-4-13-7-5-6-8-15(13)19-17(21)12-20(2)11-16-14(9-10-24-16)18(22)23-3/h5-10H,4,11-12H2,1-3H3,(H,19,21). The van der Waals surface area contributed by atoms with Crippen molar-refractivity contribution in [2.24, 2.45) is 0 Å². The molecule has 1 amide bonds. The first kappa shape index (κ1) is 17.7. The molecule has 1 N–H and O–H groups in total. The summed E-state index contributed by atoms with van der Waals surface area (Å²) in [5, 5.41) is 2.92. The fourth-order valence-electron chi connectivity index (χ4n) is 2.44. The molecule has 0 aliphatic rings. The molecule has 1 aromatic heterocycles. The molecule has 0 saturated heterocycles. The molecular weight excluding hydrogens is 308 g/mol. The molecule has 2 rings (SSSR count). The van der Waals surface area contributed by atoms with Crippen molar-refractivity contribution in [2.75, 3.05) is 26.0 Å². The van der Waals surface area contributed by atoms with Crippen LogP contribution >= 0.6 is 0 Å². The first-order valence-corrected chi connectivity index (χ1v) is 7.76. The van der Waals surface area contributed by atoms with Crippen LogP contribution in [0.4, 0.5) is 5.69 Å². The van der Waals surface area contributed by atoms with Crippen LogP contribution in [0.25, 0.3) is 0 Å². The lowest BCUT2D eigenvalue weighted by Crippen LogP contribution is -2.30. The van der Waals surface area contributed by atoms with Crippen LogP contribution in [0.5, 0.6) is 0 Å². The van der Waals surface area contributed by atoms with Gasteiger partial charge in [0, 0.05) is 5.69 Å². The quantitative estimate of drug-likeness (QED) is 0.790. The Morgan fingerprint density at radius 1 is 1.25 bits per heavy atom. The van der Waals surface area contributed by atoms with Crippen LogP contribution in [-0.2, 0) is 22.5 Å². The van der Waals surface area contributed by atoms with E-state index in [-0.39, 0.29) is 12.5 Å². The number of nitrogens with zero attached hydrogens (tertiary/aromatic N) is 1. The molecule has 1 heterocycles. The van der Waals surface area contributed by atoms with Crippen LogP contribution in [0.1, 0.15) is 28.6 Å². The van der Waals surface area contributed by atoms with Crippen LogP contribution in [0.2, 0.25) is 0 Å². The number of anilines is 1. The number of hydrogen-bond donors (Lipinski definition) is 1. The first-order valence-electron chi connectivity index (χ1n) is 7.76. The average molecular weight is 330 g/mol. The number of benzene rings is 1. The van der Waals surface area contributed by atoms with Gasteiger partial charge in [0.1, 0.15) is 11.3 Å². The molecule has 0 spiro atoms. The van der Waals surface area contributed by atoms with Gasteiger partial charge in [0.05, 0.1) is 26.5 Å². The number of carbonyl (C=O) groups is 2. The van der Waals surface area contributed by atoms with Crippen LogP contribution in [0.3, 0.4) is 0 Å². The molecule has 0 aliphatic heterocycles. The summed E-state index contributed by atoms with van der Waals surface area (Å²) in [6.45, 7) is 2.56. The van der Waals surface area contributed by atoms with Crippen molar-refractivity contribution < 1.29 is 18.7 Å². The molecule has 6 nitrogen and oxygen atoms in total. The van der Waals surface area contributed by atoms with Crippen molar-refractivity contribution in [1.82, 2.24) is 4.90 Å². The van der Waals surface area contributed by atoms with Crippen molar-refractivity contribution in [1.29, 1.82) is 0 Å². The summed E-state index contributed by atoms with van der Waals surface area (Å²) in [4.78, 5) is 25.6. The average Bonchev–Trinajstić information content (AvgIpc) is 3.02. The maximum absolute atomic E-state index is 12.2. The Morgan fingerprint density at radius 3 is 2.71 bits per heavy atom. The van der Waals surface area contributed by atoms with Crippen molar-refractivity contribution in [3.05, 3.63) is 53.5 Å². The zero-order valence-electron chi connectivity index (χ0n) is 14.2. The van der Waals surface area contributed by atoms with Gasteiger partial charge in [-0.25, -0.2) is 4.79 Å². The van der Waals surface area contributed by atoms with Crippen LogP contribution in [0.15, 0.2) is 41.0 Å². The summed E-state index contributed by atoms with van der Waals surface area (Å²) >= 11 is 0. The molecule has 1 aromatic carbocycles. The zero-order valence-corrected chi connectivity index (χ0v) is 14.2. The van der Waals surface area contributed by atoms with Crippen molar-refractivity contribution >= 4 is 17.6 Å². The Morgan fingerprint density at radius 2 is 2.00 bits per heavy atom. The Bertz CT molecular complexity index is 709. The van der Waals surface area contributed by atoms with Crippen molar-refractivity contribution in [2.45, 2.75) is 19.9 Å². The number of furan rings is 1. The van der Waals surface area contributed by atoms with Gasteiger partial charge in [-0.3, -0.25) is 9.69 Å². The third-order valence-electron chi connectivity index (χ3n) is 3.65. The molecular formula is C18H22N2O4. The van der Waals surface area contributed by atoms with Crippen molar-refractivity contribution in [3.63, 3.8) is 0 Å². The van der Waals surface area contributed by atoms with Gasteiger partial charge in [-0.1, -0.05) is 25.1 Å². The molecule has 0 radical (unpaired) electrons. The summed E-state index contributed by atoms with van der Waals surface area (Å²) in [6, 6.07) is 9.28. The van der Waals surface area contributed by atoms with Crippen molar-refractivity contribution in [3.8, 4) is 0 Å². The number of rotatable bonds is 7. The summed E-state index contributed by atoms with van der Waals surface area (Å²) < 4.78 is 10.0. The van der Waals surface area contributed by atoms with E-state index in [9.17, 15) is 9.59 Å². The van der Waals surface area contributed by atoms with Gasteiger partial charge in [0.2, 0.25) is 5.91 Å². The summed E-state index contributed by atoms with van der Waals surface area (Å²) in [7, 11) is 3.11. The topological polar surface area (TPSA) is 71.8 Å². The minimum atomic E-state index is -0.450. The van der Waals surface area contributed by atoms with E-state index >= 15 is 0 Å². The van der Waals surface area contributed by atoms with Gasteiger partial charge in [0.25, 0.3) is 0 Å². The van der Waals surface area contributed by atoms with E-state index < -0.39 is 5.97 Å². The largest absolute Gasteiger partial charge is 0.467 e. The highest BCUT2D eigenvalue weighted by Gasteiger charge is 2.17. The summed E-state index contributed by atoms with van der Waals surface area (Å²) in [5.74, 6) is -0.0934. The highest BCUT2D eigenvalue weighted by molar-refractivity contribution is 5.93. The summed E-state index contributed by atoms with van der Waals surface area (Å²) in [5.41, 5.74) is 2.29. The van der Waals surface area contributed by atoms with Gasteiger partial charge in [-0.15, -0.1) is 0 Å². The van der Waals surface area contributed by atoms with E-state index in [1.54, 1.807) is 18.0 Å². The number of hydrogen-bond acceptors (Lipinski definition) is 5. The third-order valence-corrected chi connectivity index (χ3v) is 3.65. The molecule has 2 aromatic rings. The molecule has 24 heavy (non-hydrogen) atoms. The van der Waals surface area contributed by atoms with Gasteiger partial charge in [-0.05, 0) is 31.2 Å². The predicted molar refractivity (Wildman–Crippen MR) is 90.8 cm³/mol. The number of amides is 1. The molecule has 0 bridgehead atoms. The van der Waals surface area contributed by atoms with E-state index in [0.29, 0.717) is 17.9 Å². The Kier molecular flexibility index (Phi) is 6.14. The number of carbonyl (C=O) groups excluding carboxylic acids is 2. The van der Waals surface area contributed by atoms with Gasteiger partial charge >= 0.3 is 5.97 Å². The maximum Gasteiger partial charge on any atom is 0.341 e. The summed E-state index contributed by atoms with van der Waals surface area (Å²) in [6.07, 6.45) is 2.29. The minimum absolute atomic E-state index is 0.121. The second-order valence-corrected chi connectivity index (χ2v) is 5.48. The van der Waals surface area contributed by atoms with E-state index in [1.807, 2.05) is 31.2 Å². The number of methoxy groups -OCH3 is 1. The first-order chi connectivity index (χ1) is 11.5. The lowest BCUT2D eigenvalue weighted by Gasteiger charge is -2.16. The fraction of sp³-hybridized carbons (Fsp3) is 0.333. The number of para-hydroxylation sites is 1. The maximum atomic E-state index is 12.2. The number of aryl methyl sites for hydroxylation is 1. The molecule has 0 saturated carbocycles. The molecule has 128 valence electrons. The minimum Gasteiger partial charge on any atom is -0.467 e. The van der Waals surface area contributed by atoms with Gasteiger partial charge in [0.15, 0.2) is 0 Å². The smallest absolute Gasteiger partial charge is 0.341 e. The Labute approximate surface area is 141 Å². The van der Waals surface area contributed by atoms with E-state index in [1.165, 1.54) is 13.4 Å². The highest BCUT2D eigenvalue weighted by Crippen LogP contribution is 2.16. The van der Waals surface area contributed by atoms with Gasteiger partial charge < -0.3 is 14.5 Å². The third kappa shape index (κ3) is 4.45. The number of nitrogens with one attached hydrogen (secondary N) is 1. The molecule has 6 heteroatoms. The normalized spacial score (nSPS) is 10.7. The van der Waals surface area contributed by atoms with E-state index in [0.717, 1.165) is 17.7 Å². The SMILES string of the molecule is CCc1ccccc1NC(=O)CN(C)Cc1occc1C(=O)OC. The molecule has 0 aliphatic carbocycles. The van der Waals surface area contributed by atoms with Crippen LogP contribution < -0.4 is 5.32 Å². The van der Waals surface area contributed by atoms with E-state index in [2.05, 4.69) is 5.32 Å². The van der Waals surface area contributed by atoms with Crippen LogP contribution in [-0.4, -0.2) is 37.5 Å². The van der Waals surface area contributed by atoms with Crippen LogP contribution in [0, 0.1) is 0 Å². The predicted octanol–water partition coefficient (Wildman–Crippen LogP) is 2.70. The second-order valence-electron chi connectivity index (χ2n) is 5.48. The lowest BCUT2D eigenvalue weighted by molar-refractivity contribution is -0.117. The number of esters is 1. The fourth-order valence-corrected chi connectivity index (χ4v) is 2.44. The molecule has 0 unspecified atom stereocenters. The number of ether oxygens (including phenoxy) is 1. The molecule has 0 fully saturated rings. The zero-order chi connectivity index (χ0) is 17.5. The van der Waals surface area contributed by atoms with Gasteiger partial charge in [-0.2, -0.15) is 0 Å². The number of likely N-dealkylation sites (N-methyl/N-ethyl adjacent to an activating group) is 1. The molecule has 0 atom stereocenters.